The van der Waals surface area contributed by atoms with Gasteiger partial charge in [-0.15, -0.1) is 0 Å². The number of nitrogens with zero attached hydrogens (tertiary/aromatic N) is 1. The van der Waals surface area contributed by atoms with Crippen LogP contribution in [0.2, 0.25) is 39.3 Å². The standard InChI is InChI=1S/2C23H27.C6H19BNSi2.2ClH.Zr/c2*1-5-17(4)20-14-19-10-8-12-22(23(19)15-20)21-11-7-6-9-18(21)13-16(2)3;1-9(2,3)8(7)10(4,5)6;;;/h2*6-12,14-17H,5,13H2,1-4H3;7H,1-6H3;2*1H;/q;;+1;;;+1/p-2. The SMILES string of the molecule is CCC(C)C1=Cc2c(-c3ccccc3CC(C)C)cccc2[CH]1[Zr]([Cl])([Cl])([BH]N([Si](C)(C)C)[Si](C)(C)C)[CH]1C(C(C)CC)=Cc2c(-c3ccccc3CC(C)C)cccc21. The molecule has 0 saturated carbocycles. The molecule has 0 saturated heterocycles. The second kappa shape index (κ2) is 17.8. The predicted octanol–water partition coefficient (Wildman–Crippen LogP) is 16.3. The van der Waals surface area contributed by atoms with Crippen LogP contribution in [-0.2, 0) is 29.0 Å². The van der Waals surface area contributed by atoms with Crippen molar-refractivity contribution in [1.82, 2.24) is 4.14 Å². The van der Waals surface area contributed by atoms with Gasteiger partial charge in [0, 0.05) is 0 Å². The van der Waals surface area contributed by atoms with Crippen LogP contribution in [0.3, 0.4) is 0 Å². The Morgan fingerprint density at radius 2 is 0.898 bits per heavy atom. The number of allylic oxidation sites excluding steroid dienone is 2. The van der Waals surface area contributed by atoms with Crippen LogP contribution in [0.15, 0.2) is 96.1 Å². The molecule has 1 nitrogen and oxygen atoms in total. The molecule has 0 radical (unpaired) electrons. The third kappa shape index (κ3) is 9.20. The molecule has 0 bridgehead atoms. The number of hydrogen-bond donors (Lipinski definition) is 0. The van der Waals surface area contributed by atoms with Gasteiger partial charge in [0.05, 0.1) is 0 Å². The van der Waals surface area contributed by atoms with Gasteiger partial charge in [0.15, 0.2) is 0 Å². The van der Waals surface area contributed by atoms with E-state index in [9.17, 15) is 17.0 Å². The van der Waals surface area contributed by atoms with Crippen LogP contribution in [-0.4, -0.2) is 25.6 Å². The summed E-state index contributed by atoms with van der Waals surface area (Å²) in [6.45, 7) is 34.1. The van der Waals surface area contributed by atoms with Gasteiger partial charge in [-0.1, -0.05) is 0 Å². The van der Waals surface area contributed by atoms with E-state index in [-0.39, 0.29) is 7.25 Å². The van der Waals surface area contributed by atoms with Crippen molar-refractivity contribution < 1.29 is 16.2 Å². The number of hydrogen-bond acceptors (Lipinski definition) is 1. The monoisotopic (exact) mass is 938 g/mol. The maximum absolute atomic E-state index is 9.35. The van der Waals surface area contributed by atoms with E-state index in [1.165, 1.54) is 66.8 Å². The van der Waals surface area contributed by atoms with Crippen LogP contribution >= 0.6 is 17.0 Å². The molecule has 0 amide bonds. The van der Waals surface area contributed by atoms with Crippen LogP contribution in [0, 0.1) is 23.7 Å². The molecule has 0 aliphatic heterocycles. The first-order valence-electron chi connectivity index (χ1n) is 22.8. The van der Waals surface area contributed by atoms with Gasteiger partial charge in [-0.05, 0) is 0 Å². The predicted molar refractivity (Wildman–Crippen MR) is 269 cm³/mol. The summed E-state index contributed by atoms with van der Waals surface area (Å²) in [4.78, 5) is 0.813. The van der Waals surface area contributed by atoms with E-state index in [2.05, 4.69) is 196 Å². The van der Waals surface area contributed by atoms with E-state index in [0.717, 1.165) is 30.6 Å². The molecule has 0 fully saturated rings. The van der Waals surface area contributed by atoms with Gasteiger partial charge in [0.1, 0.15) is 0 Å². The Morgan fingerprint density at radius 3 is 1.24 bits per heavy atom. The van der Waals surface area contributed by atoms with E-state index in [1.54, 1.807) is 0 Å². The van der Waals surface area contributed by atoms with Gasteiger partial charge < -0.3 is 0 Å². The molecule has 0 spiro atoms. The number of rotatable bonds is 16. The summed E-state index contributed by atoms with van der Waals surface area (Å²) in [5.41, 5.74) is 16.5. The zero-order valence-electron chi connectivity index (χ0n) is 38.9. The molecule has 0 aromatic heterocycles. The summed E-state index contributed by atoms with van der Waals surface area (Å²) < 4.78 is 2.93. The van der Waals surface area contributed by atoms with Crippen molar-refractivity contribution >= 4 is 50.6 Å². The average Bonchev–Trinajstić information content (AvgIpc) is 3.77. The Balaban J connectivity index is 1.72. The van der Waals surface area contributed by atoms with Crippen molar-refractivity contribution in [2.24, 2.45) is 23.7 Å². The zero-order chi connectivity index (χ0) is 43.3. The summed E-state index contributed by atoms with van der Waals surface area (Å²) in [7, 11) is 14.9. The molecule has 4 atom stereocenters. The average molecular weight is 941 g/mol. The van der Waals surface area contributed by atoms with Crippen molar-refractivity contribution in [2.75, 3.05) is 0 Å². The number of benzene rings is 4. The maximum atomic E-state index is 9.35. The third-order valence-electron chi connectivity index (χ3n) is 13.7. The van der Waals surface area contributed by atoms with Gasteiger partial charge in [0.25, 0.3) is 0 Å². The molecule has 4 aromatic carbocycles. The Bertz CT molecular complexity index is 2080. The molecule has 59 heavy (non-hydrogen) atoms. The minimum atomic E-state index is -5.42. The van der Waals surface area contributed by atoms with Crippen molar-refractivity contribution in [2.45, 2.75) is 128 Å². The molecule has 2 aliphatic carbocycles. The molecule has 0 N–H and O–H groups in total. The normalized spacial score (nSPS) is 18.7. The van der Waals surface area contributed by atoms with E-state index >= 15 is 0 Å². The van der Waals surface area contributed by atoms with Gasteiger partial charge >= 0.3 is 374 Å². The van der Waals surface area contributed by atoms with Gasteiger partial charge in [-0.25, -0.2) is 0 Å². The molecule has 315 valence electrons. The summed E-state index contributed by atoms with van der Waals surface area (Å²) in [6.07, 6.45) is 9.36. The Labute approximate surface area is 370 Å². The first kappa shape index (κ1) is 46.8. The third-order valence-corrected chi connectivity index (χ3v) is 40.6. The van der Waals surface area contributed by atoms with Crippen molar-refractivity contribution in [1.29, 1.82) is 0 Å². The fraction of sp³-hybridized carbons (Fsp3) is 0.462. The summed E-state index contributed by atoms with van der Waals surface area (Å²) in [6, 6.07) is 32.4. The molecule has 0 heterocycles. The van der Waals surface area contributed by atoms with Crippen molar-refractivity contribution in [3.63, 3.8) is 0 Å². The number of fused-ring (bicyclic) bond motifs is 2. The molecular formula is C52H73BCl2NSi2Zr. The molecular weight excluding hydrogens is 868 g/mol. The van der Waals surface area contributed by atoms with E-state index < -0.39 is 32.6 Å². The first-order valence-corrected chi connectivity index (χ1v) is 40.6. The van der Waals surface area contributed by atoms with Gasteiger partial charge in [0.2, 0.25) is 0 Å². The summed E-state index contributed by atoms with van der Waals surface area (Å²) in [5.74, 6) is 1.81. The molecule has 4 unspecified atom stereocenters. The fourth-order valence-corrected chi connectivity index (χ4v) is 53.2. The Morgan fingerprint density at radius 1 is 0.542 bits per heavy atom. The molecule has 4 aromatic rings. The van der Waals surface area contributed by atoms with E-state index in [4.69, 9.17) is 0 Å². The number of halogens is 2. The van der Waals surface area contributed by atoms with Crippen LogP contribution in [0.5, 0.6) is 0 Å². The minimum absolute atomic E-state index is 0.0163. The van der Waals surface area contributed by atoms with Crippen LogP contribution in [0.25, 0.3) is 34.4 Å². The molecule has 7 heteroatoms. The van der Waals surface area contributed by atoms with Crippen LogP contribution in [0.1, 0.15) is 109 Å². The second-order valence-corrected chi connectivity index (χ2v) is 53.3. The first-order chi connectivity index (χ1) is 27.6. The fourth-order valence-electron chi connectivity index (χ4n) is 10.9. The molecule has 6 rings (SSSR count). The second-order valence-electron chi connectivity index (χ2n) is 21.2. The van der Waals surface area contributed by atoms with E-state index in [0.29, 0.717) is 23.7 Å². The Kier molecular flexibility index (Phi) is 14.1. The van der Waals surface area contributed by atoms with Gasteiger partial charge in [-0.2, -0.15) is 0 Å². The zero-order valence-corrected chi connectivity index (χ0v) is 44.9. The summed E-state index contributed by atoms with van der Waals surface area (Å²) in [5, 5.41) is 0. The quantitative estimate of drug-likeness (QED) is 0.101. The molecule has 2 aliphatic rings. The van der Waals surface area contributed by atoms with E-state index in [1.807, 2.05) is 0 Å². The van der Waals surface area contributed by atoms with Crippen LogP contribution in [0.4, 0.5) is 0 Å². The topological polar surface area (TPSA) is 3.24 Å². The Hall–Kier alpha value is -1.72. The van der Waals surface area contributed by atoms with Gasteiger partial charge in [-0.3, -0.25) is 0 Å². The van der Waals surface area contributed by atoms with Crippen molar-refractivity contribution in [3.05, 3.63) is 129 Å². The summed E-state index contributed by atoms with van der Waals surface area (Å²) >= 11 is -5.42. The van der Waals surface area contributed by atoms with Crippen LogP contribution < -0.4 is 0 Å². The van der Waals surface area contributed by atoms with Crippen molar-refractivity contribution in [3.8, 4) is 22.3 Å².